The zero-order valence-corrected chi connectivity index (χ0v) is 22.2. The molecule has 0 bridgehead atoms. The van der Waals surface area contributed by atoms with Crippen LogP contribution in [-0.4, -0.2) is 18.2 Å². The van der Waals surface area contributed by atoms with E-state index in [1.54, 1.807) is 0 Å². The van der Waals surface area contributed by atoms with Crippen LogP contribution in [0.25, 0.3) is 0 Å². The molecule has 0 aromatic heterocycles. The normalized spacial score (nSPS) is 12.7. The van der Waals surface area contributed by atoms with Gasteiger partial charge in [-0.05, 0) is 12.8 Å². The van der Waals surface area contributed by atoms with Crippen molar-refractivity contribution >= 4 is 10.1 Å². The Hall–Kier alpha value is 0.910. The summed E-state index contributed by atoms with van der Waals surface area (Å²) in [6.45, 7) is 4.46. The summed E-state index contributed by atoms with van der Waals surface area (Å²) in [5, 5.41) is -0.647. The van der Waals surface area contributed by atoms with Crippen molar-refractivity contribution in [2.24, 2.45) is 0 Å². The van der Waals surface area contributed by atoms with E-state index >= 15 is 0 Å². The molecule has 0 aromatic rings. The Morgan fingerprint density at radius 3 is 1.04 bits per heavy atom. The van der Waals surface area contributed by atoms with E-state index < -0.39 is 15.4 Å². The summed E-state index contributed by atoms with van der Waals surface area (Å²) >= 11 is 0. The third-order valence-electron chi connectivity index (χ3n) is 5.67. The molecule has 1 atom stereocenters. The molecule has 0 N–H and O–H groups in total. The molecule has 28 heavy (non-hydrogen) atoms. The third-order valence-corrected chi connectivity index (χ3v) is 6.96. The molecule has 0 saturated carbocycles. The van der Waals surface area contributed by atoms with Crippen LogP contribution in [0.2, 0.25) is 0 Å². The zero-order chi connectivity index (χ0) is 20.2. The second kappa shape index (κ2) is 22.6. The van der Waals surface area contributed by atoms with Gasteiger partial charge in [0.05, 0.1) is 10.1 Å². The molecule has 0 radical (unpaired) electrons. The number of hydrogen-bond acceptors (Lipinski definition) is 3. The van der Waals surface area contributed by atoms with Gasteiger partial charge in [-0.25, -0.2) is 8.42 Å². The topological polar surface area (TPSA) is 57.2 Å². The molecule has 0 spiro atoms. The molecule has 5 heteroatoms. The van der Waals surface area contributed by atoms with Crippen molar-refractivity contribution < 1.29 is 42.5 Å². The Balaban J connectivity index is 0. The van der Waals surface area contributed by atoms with Crippen molar-refractivity contribution in [3.05, 3.63) is 0 Å². The van der Waals surface area contributed by atoms with E-state index in [2.05, 4.69) is 13.8 Å². The van der Waals surface area contributed by atoms with E-state index in [-0.39, 0.29) is 29.6 Å². The first kappa shape index (κ1) is 31.1. The van der Waals surface area contributed by atoms with Gasteiger partial charge < -0.3 is 4.55 Å². The van der Waals surface area contributed by atoms with Gasteiger partial charge in [-0.15, -0.1) is 0 Å². The minimum Gasteiger partial charge on any atom is -0.748 e. The number of unbranched alkanes of at least 4 members (excludes halogenated alkanes) is 16. The fraction of sp³-hybridized carbons (Fsp3) is 1.00. The van der Waals surface area contributed by atoms with Crippen LogP contribution in [0.15, 0.2) is 0 Å². The van der Waals surface area contributed by atoms with E-state index in [0.717, 1.165) is 25.7 Å². The number of rotatable bonds is 21. The maximum absolute atomic E-state index is 11.5. The average Bonchev–Trinajstić information content (AvgIpc) is 2.62. The van der Waals surface area contributed by atoms with Crippen LogP contribution < -0.4 is 29.6 Å². The third kappa shape index (κ3) is 21.6. The van der Waals surface area contributed by atoms with Crippen molar-refractivity contribution in [2.45, 2.75) is 148 Å². The van der Waals surface area contributed by atoms with Gasteiger partial charge in [0.1, 0.15) is 0 Å². The zero-order valence-electron chi connectivity index (χ0n) is 19.4. The SMILES string of the molecule is CCCCCCCCCCCCC(CCCCCCCCCC)S(=O)(=O)[O-].[Na+]. The van der Waals surface area contributed by atoms with Gasteiger partial charge in [-0.3, -0.25) is 0 Å². The van der Waals surface area contributed by atoms with Crippen molar-refractivity contribution in [2.75, 3.05) is 0 Å². The standard InChI is InChI=1S/C23H48O3S.Na/c1-3-5-7-9-11-13-14-16-18-20-22-23(27(24,25)26)21-19-17-15-12-10-8-6-4-2;/h23H,3-22H2,1-2H3,(H,24,25,26);/q;+1/p-1. The molecule has 164 valence electrons. The second-order valence-corrected chi connectivity index (χ2v) is 10.0. The van der Waals surface area contributed by atoms with Gasteiger partial charge in [-0.1, -0.05) is 129 Å². The van der Waals surface area contributed by atoms with Crippen LogP contribution in [0, 0.1) is 0 Å². The minimum absolute atomic E-state index is 0. The van der Waals surface area contributed by atoms with Gasteiger partial charge in [0, 0.05) is 5.25 Å². The van der Waals surface area contributed by atoms with Crippen LogP contribution >= 0.6 is 0 Å². The molecule has 0 aliphatic carbocycles. The Labute approximate surface area is 199 Å². The molecule has 3 nitrogen and oxygen atoms in total. The van der Waals surface area contributed by atoms with Crippen molar-refractivity contribution in [3.63, 3.8) is 0 Å². The Morgan fingerprint density at radius 2 is 0.786 bits per heavy atom. The van der Waals surface area contributed by atoms with Crippen LogP contribution in [0.5, 0.6) is 0 Å². The Kier molecular flexibility index (Phi) is 25.1. The van der Waals surface area contributed by atoms with E-state index in [0.29, 0.717) is 12.8 Å². The fourth-order valence-corrected chi connectivity index (χ4v) is 4.71. The summed E-state index contributed by atoms with van der Waals surface area (Å²) in [4.78, 5) is 0. The summed E-state index contributed by atoms with van der Waals surface area (Å²) in [5.74, 6) is 0. The van der Waals surface area contributed by atoms with Gasteiger partial charge in [0.2, 0.25) is 0 Å². The largest absolute Gasteiger partial charge is 1.00 e. The van der Waals surface area contributed by atoms with E-state index in [1.165, 1.54) is 89.9 Å². The maximum atomic E-state index is 11.5. The Bertz CT molecular complexity index is 399. The van der Waals surface area contributed by atoms with Gasteiger partial charge in [-0.2, -0.15) is 0 Å². The predicted molar refractivity (Wildman–Crippen MR) is 117 cm³/mol. The predicted octanol–water partition coefficient (Wildman–Crippen LogP) is 4.75. The second-order valence-electron chi connectivity index (χ2n) is 8.35. The number of hydrogen-bond donors (Lipinski definition) is 0. The molecule has 0 saturated heterocycles. The van der Waals surface area contributed by atoms with E-state index in [9.17, 15) is 13.0 Å². The average molecular weight is 427 g/mol. The van der Waals surface area contributed by atoms with Gasteiger partial charge >= 0.3 is 29.6 Å². The fourth-order valence-electron chi connectivity index (χ4n) is 3.80. The first-order valence-electron chi connectivity index (χ1n) is 12.0. The van der Waals surface area contributed by atoms with Crippen LogP contribution in [0.4, 0.5) is 0 Å². The molecule has 0 amide bonds. The van der Waals surface area contributed by atoms with Crippen LogP contribution in [0.3, 0.4) is 0 Å². The smallest absolute Gasteiger partial charge is 0.748 e. The Morgan fingerprint density at radius 1 is 0.536 bits per heavy atom. The van der Waals surface area contributed by atoms with Crippen molar-refractivity contribution in [1.29, 1.82) is 0 Å². The van der Waals surface area contributed by atoms with E-state index in [4.69, 9.17) is 0 Å². The van der Waals surface area contributed by atoms with Crippen LogP contribution in [0.1, 0.15) is 142 Å². The molecule has 0 aliphatic heterocycles. The van der Waals surface area contributed by atoms with Crippen LogP contribution in [-0.2, 0) is 10.1 Å². The summed E-state index contributed by atoms with van der Waals surface area (Å²) in [7, 11) is -4.13. The summed E-state index contributed by atoms with van der Waals surface area (Å²) < 4.78 is 34.5. The van der Waals surface area contributed by atoms with Gasteiger partial charge in [0.25, 0.3) is 0 Å². The summed E-state index contributed by atoms with van der Waals surface area (Å²) in [6, 6.07) is 0. The summed E-state index contributed by atoms with van der Waals surface area (Å²) in [5.41, 5.74) is 0. The first-order valence-corrected chi connectivity index (χ1v) is 13.4. The monoisotopic (exact) mass is 426 g/mol. The van der Waals surface area contributed by atoms with Crippen molar-refractivity contribution in [1.82, 2.24) is 0 Å². The first-order chi connectivity index (χ1) is 13.0. The van der Waals surface area contributed by atoms with Crippen molar-refractivity contribution in [3.8, 4) is 0 Å². The molecular weight excluding hydrogens is 379 g/mol. The minimum atomic E-state index is -4.13. The molecule has 0 fully saturated rings. The molecule has 0 rings (SSSR count). The molecule has 0 heterocycles. The molecular formula is C23H47NaO3S. The maximum Gasteiger partial charge on any atom is 1.00 e. The van der Waals surface area contributed by atoms with Gasteiger partial charge in [0.15, 0.2) is 0 Å². The molecule has 0 aromatic carbocycles. The van der Waals surface area contributed by atoms with E-state index in [1.807, 2.05) is 0 Å². The molecule has 0 aliphatic rings. The quantitative estimate of drug-likeness (QED) is 0.151. The molecule has 1 unspecified atom stereocenters. The summed E-state index contributed by atoms with van der Waals surface area (Å²) in [6.07, 6.45) is 23.0.